The molecule has 0 heterocycles. The molecule has 0 saturated carbocycles. The van der Waals surface area contributed by atoms with Gasteiger partial charge in [0.1, 0.15) is 18.6 Å². The van der Waals surface area contributed by atoms with Crippen molar-refractivity contribution < 1.29 is 33.4 Å². The molecule has 0 aromatic carbocycles. The maximum absolute atomic E-state index is 12.3. The van der Waals surface area contributed by atoms with E-state index >= 15 is 0 Å². The van der Waals surface area contributed by atoms with Gasteiger partial charge in [-0.05, 0) is 26.7 Å². The summed E-state index contributed by atoms with van der Waals surface area (Å²) >= 11 is 4.05. The van der Waals surface area contributed by atoms with Crippen molar-refractivity contribution in [1.82, 2.24) is 16.0 Å². The van der Waals surface area contributed by atoms with Gasteiger partial charge in [-0.1, -0.05) is 19.8 Å². The number of amides is 3. The first-order valence-electron chi connectivity index (χ1n) is 10.6. The van der Waals surface area contributed by atoms with E-state index in [1.807, 2.05) is 6.92 Å². The van der Waals surface area contributed by atoms with E-state index in [4.69, 9.17) is 9.47 Å². The molecule has 0 aliphatic heterocycles. The lowest BCUT2D eigenvalue weighted by Crippen LogP contribution is -2.49. The molecule has 0 fully saturated rings. The molecule has 0 saturated heterocycles. The summed E-state index contributed by atoms with van der Waals surface area (Å²) in [5.74, 6) is -2.55. The van der Waals surface area contributed by atoms with Gasteiger partial charge in [0.05, 0.1) is 13.2 Å². The number of nitrogens with one attached hydrogen (secondary N) is 3. The minimum absolute atomic E-state index is 0.00979. The van der Waals surface area contributed by atoms with E-state index in [2.05, 4.69) is 28.6 Å². The van der Waals surface area contributed by atoms with Crippen molar-refractivity contribution >= 4 is 42.3 Å². The second kappa shape index (κ2) is 17.4. The zero-order valence-corrected chi connectivity index (χ0v) is 19.4. The predicted octanol–water partition coefficient (Wildman–Crippen LogP) is 0.489. The summed E-state index contributed by atoms with van der Waals surface area (Å²) in [4.78, 5) is 59.9. The van der Waals surface area contributed by atoms with Crippen molar-refractivity contribution in [3.63, 3.8) is 0 Å². The molecule has 2 atom stereocenters. The van der Waals surface area contributed by atoms with Gasteiger partial charge in [0.25, 0.3) is 0 Å². The summed E-state index contributed by atoms with van der Waals surface area (Å²) in [7, 11) is 0. The molecule has 3 amide bonds. The van der Waals surface area contributed by atoms with E-state index in [9.17, 15) is 24.0 Å². The summed E-state index contributed by atoms with van der Waals surface area (Å²) in [6.07, 6.45) is 2.78. The van der Waals surface area contributed by atoms with Gasteiger partial charge >= 0.3 is 11.9 Å². The number of hydrogen-bond acceptors (Lipinski definition) is 8. The van der Waals surface area contributed by atoms with Crippen LogP contribution in [0.3, 0.4) is 0 Å². The Morgan fingerprint density at radius 2 is 1.45 bits per heavy atom. The fourth-order valence-electron chi connectivity index (χ4n) is 2.52. The third-order valence-corrected chi connectivity index (χ3v) is 4.49. The highest BCUT2D eigenvalue weighted by Gasteiger charge is 2.25. The predicted molar refractivity (Wildman–Crippen MR) is 117 cm³/mol. The average molecular weight is 462 g/mol. The number of rotatable bonds is 16. The molecule has 0 aromatic heterocycles. The summed E-state index contributed by atoms with van der Waals surface area (Å²) < 4.78 is 9.69. The quantitative estimate of drug-likeness (QED) is 0.149. The van der Waals surface area contributed by atoms with Crippen molar-refractivity contribution in [1.29, 1.82) is 0 Å². The van der Waals surface area contributed by atoms with Crippen molar-refractivity contribution in [2.75, 3.05) is 25.5 Å². The van der Waals surface area contributed by atoms with Crippen LogP contribution in [0.4, 0.5) is 0 Å². The smallest absolute Gasteiger partial charge is 0.328 e. The number of esters is 2. The largest absolute Gasteiger partial charge is 0.465 e. The molecule has 0 aliphatic rings. The van der Waals surface area contributed by atoms with Gasteiger partial charge in [-0.3, -0.25) is 19.2 Å². The lowest BCUT2D eigenvalue weighted by atomic mass is 10.1. The Kier molecular flexibility index (Phi) is 16.1. The second-order valence-electron chi connectivity index (χ2n) is 6.69. The minimum Gasteiger partial charge on any atom is -0.465 e. The first-order chi connectivity index (χ1) is 14.8. The van der Waals surface area contributed by atoms with Gasteiger partial charge in [0.15, 0.2) is 0 Å². The monoisotopic (exact) mass is 461 g/mol. The molecule has 31 heavy (non-hydrogen) atoms. The maximum Gasteiger partial charge on any atom is 0.328 e. The molecular formula is C20H35N3O7S. The Balaban J connectivity index is 4.68. The molecule has 2 unspecified atom stereocenters. The van der Waals surface area contributed by atoms with Gasteiger partial charge in [-0.15, -0.1) is 0 Å². The number of unbranched alkanes of at least 4 members (excludes halogenated alkanes) is 2. The van der Waals surface area contributed by atoms with E-state index < -0.39 is 35.8 Å². The number of carbonyl (C=O) groups excluding carboxylic acids is 5. The lowest BCUT2D eigenvalue weighted by molar-refractivity contribution is -0.147. The van der Waals surface area contributed by atoms with Gasteiger partial charge in [0, 0.05) is 18.6 Å². The van der Waals surface area contributed by atoms with Crippen LogP contribution in [0.25, 0.3) is 0 Å². The van der Waals surface area contributed by atoms with Crippen LogP contribution in [-0.2, 0) is 33.4 Å². The third kappa shape index (κ3) is 13.6. The van der Waals surface area contributed by atoms with E-state index in [0.29, 0.717) is 6.42 Å². The van der Waals surface area contributed by atoms with E-state index in [1.165, 1.54) is 0 Å². The zero-order valence-electron chi connectivity index (χ0n) is 18.5. The number of thiol groups is 1. The van der Waals surface area contributed by atoms with Crippen molar-refractivity contribution in [2.24, 2.45) is 0 Å². The fraction of sp³-hybridized carbons (Fsp3) is 0.750. The average Bonchev–Trinajstić information content (AvgIpc) is 2.73. The maximum atomic E-state index is 12.3. The fourth-order valence-corrected chi connectivity index (χ4v) is 2.78. The van der Waals surface area contributed by atoms with Crippen LogP contribution in [0.1, 0.15) is 59.3 Å². The van der Waals surface area contributed by atoms with Crippen LogP contribution in [0.2, 0.25) is 0 Å². The van der Waals surface area contributed by atoms with Crippen LogP contribution >= 0.6 is 12.6 Å². The van der Waals surface area contributed by atoms with Gasteiger partial charge in [0.2, 0.25) is 17.7 Å². The Bertz CT molecular complexity index is 601. The summed E-state index contributed by atoms with van der Waals surface area (Å²) in [5, 5.41) is 7.48. The first kappa shape index (κ1) is 28.7. The highest BCUT2D eigenvalue weighted by molar-refractivity contribution is 7.80. The molecule has 0 rings (SSSR count). The van der Waals surface area contributed by atoms with E-state index in [-0.39, 0.29) is 50.7 Å². The standard InChI is InChI=1S/C20H35N3O7S/c1-4-7-8-9-16(24)22-14(20(28)30-6-3)10-11-17(25)23-15(13-31)19(27)21-12-18(26)29-5-2/h14-15,31H,4-13H2,1-3H3,(H,21,27)(H,22,24)(H,23,25). The van der Waals surface area contributed by atoms with Crippen LogP contribution in [0.5, 0.6) is 0 Å². The molecule has 0 radical (unpaired) electrons. The Morgan fingerprint density at radius 3 is 2.03 bits per heavy atom. The topological polar surface area (TPSA) is 140 Å². The normalized spacial score (nSPS) is 12.3. The summed E-state index contributed by atoms with van der Waals surface area (Å²) in [6, 6.07) is -1.91. The van der Waals surface area contributed by atoms with Crippen molar-refractivity contribution in [2.45, 2.75) is 71.4 Å². The minimum atomic E-state index is -0.963. The Morgan fingerprint density at radius 1 is 0.839 bits per heavy atom. The second-order valence-corrected chi connectivity index (χ2v) is 7.06. The van der Waals surface area contributed by atoms with E-state index in [0.717, 1.165) is 12.8 Å². The molecule has 0 bridgehead atoms. The molecular weight excluding hydrogens is 426 g/mol. The van der Waals surface area contributed by atoms with Gasteiger partial charge in [-0.25, -0.2) is 4.79 Å². The lowest BCUT2D eigenvalue weighted by Gasteiger charge is -2.19. The number of hydrogen-bond donors (Lipinski definition) is 4. The van der Waals surface area contributed by atoms with Crippen molar-refractivity contribution in [3.05, 3.63) is 0 Å². The Hall–Kier alpha value is -2.30. The first-order valence-corrected chi connectivity index (χ1v) is 11.2. The van der Waals surface area contributed by atoms with Gasteiger partial charge in [-0.2, -0.15) is 12.6 Å². The third-order valence-electron chi connectivity index (χ3n) is 4.12. The molecule has 10 nitrogen and oxygen atoms in total. The summed E-state index contributed by atoms with van der Waals surface area (Å²) in [5.41, 5.74) is 0. The van der Waals surface area contributed by atoms with Gasteiger partial charge < -0.3 is 25.4 Å². The number of carbonyl (C=O) groups is 5. The number of ether oxygens (including phenoxy) is 2. The van der Waals surface area contributed by atoms with Crippen LogP contribution < -0.4 is 16.0 Å². The molecule has 0 spiro atoms. The molecule has 178 valence electrons. The van der Waals surface area contributed by atoms with Crippen LogP contribution in [0, 0.1) is 0 Å². The SMILES string of the molecule is CCCCCC(=O)NC(CCC(=O)NC(CS)C(=O)NCC(=O)OCC)C(=O)OCC. The zero-order chi connectivity index (χ0) is 23.6. The highest BCUT2D eigenvalue weighted by atomic mass is 32.1. The molecule has 0 aliphatic carbocycles. The molecule has 11 heteroatoms. The van der Waals surface area contributed by atoms with Crippen molar-refractivity contribution in [3.8, 4) is 0 Å². The Labute approximate surface area is 189 Å². The van der Waals surface area contributed by atoms with Crippen LogP contribution in [0.15, 0.2) is 0 Å². The molecule has 0 aromatic rings. The van der Waals surface area contributed by atoms with E-state index in [1.54, 1.807) is 13.8 Å². The van der Waals surface area contributed by atoms with Crippen LogP contribution in [-0.4, -0.2) is 67.3 Å². The summed E-state index contributed by atoms with van der Waals surface area (Å²) in [6.45, 7) is 5.34. The highest BCUT2D eigenvalue weighted by Crippen LogP contribution is 2.05. The molecule has 3 N–H and O–H groups in total.